The molecule has 1 aliphatic heterocycles. The molecule has 0 atom stereocenters. The minimum absolute atomic E-state index is 0.0657. The monoisotopic (exact) mass is 309 g/mol. The van der Waals surface area contributed by atoms with Crippen molar-refractivity contribution >= 4 is 17.5 Å². The van der Waals surface area contributed by atoms with E-state index in [1.807, 2.05) is 18.2 Å². The highest BCUT2D eigenvalue weighted by atomic mass is 35.5. The molecule has 0 aliphatic carbocycles. The quantitative estimate of drug-likeness (QED) is 0.845. The maximum absolute atomic E-state index is 11.4. The average Bonchev–Trinajstić information content (AvgIpc) is 2.49. The van der Waals surface area contributed by atoms with Crippen molar-refractivity contribution in [3.8, 4) is 0 Å². The molecule has 1 heterocycles. The largest absolute Gasteiger partial charge is 0.356 e. The molecule has 0 saturated carbocycles. The van der Waals surface area contributed by atoms with Crippen molar-refractivity contribution in [3.63, 3.8) is 0 Å². The molecule has 116 valence electrons. The lowest BCUT2D eigenvalue weighted by atomic mass is 9.96. The fraction of sp³-hybridized carbons (Fsp3) is 0.562. The molecule has 1 fully saturated rings. The van der Waals surface area contributed by atoms with Crippen molar-refractivity contribution in [2.45, 2.75) is 25.8 Å². The third-order valence-corrected chi connectivity index (χ3v) is 4.39. The zero-order valence-electron chi connectivity index (χ0n) is 12.4. The number of rotatable bonds is 6. The number of benzene rings is 1. The van der Waals surface area contributed by atoms with E-state index in [1.165, 1.54) is 5.56 Å². The van der Waals surface area contributed by atoms with Crippen molar-refractivity contribution in [3.05, 3.63) is 34.9 Å². The summed E-state index contributed by atoms with van der Waals surface area (Å²) < 4.78 is 0. The number of nitrogens with two attached hydrogens (primary N) is 1. The van der Waals surface area contributed by atoms with E-state index in [-0.39, 0.29) is 5.91 Å². The third kappa shape index (κ3) is 5.30. The highest BCUT2D eigenvalue weighted by molar-refractivity contribution is 6.31. The Labute approximate surface area is 131 Å². The number of hydrogen-bond acceptors (Lipinski definition) is 3. The molecule has 1 saturated heterocycles. The van der Waals surface area contributed by atoms with Crippen molar-refractivity contribution in [1.82, 2.24) is 10.2 Å². The molecule has 1 aromatic rings. The second kappa shape index (κ2) is 8.37. The van der Waals surface area contributed by atoms with Gasteiger partial charge in [-0.1, -0.05) is 29.8 Å². The van der Waals surface area contributed by atoms with Gasteiger partial charge in [-0.25, -0.2) is 0 Å². The summed E-state index contributed by atoms with van der Waals surface area (Å²) in [6.07, 6.45) is 2.66. The van der Waals surface area contributed by atoms with Gasteiger partial charge < -0.3 is 11.1 Å². The normalized spacial score (nSPS) is 16.9. The van der Waals surface area contributed by atoms with Crippen LogP contribution in [0, 0.1) is 5.92 Å². The number of hydrogen-bond donors (Lipinski definition) is 2. The van der Waals surface area contributed by atoms with Crippen LogP contribution in [0.5, 0.6) is 0 Å². The van der Waals surface area contributed by atoms with Crippen LogP contribution in [-0.4, -0.2) is 37.0 Å². The molecule has 0 unspecified atom stereocenters. The van der Waals surface area contributed by atoms with Crippen LogP contribution < -0.4 is 11.1 Å². The molecular formula is C16H24ClN3O. The predicted molar refractivity (Wildman–Crippen MR) is 86.1 cm³/mol. The SMILES string of the molecule is NCCC(=O)NCC1CCN(Cc2ccccc2Cl)CC1. The van der Waals surface area contributed by atoms with Crippen LogP contribution in [0.2, 0.25) is 5.02 Å². The zero-order chi connectivity index (χ0) is 15.1. The van der Waals surface area contributed by atoms with Crippen molar-refractivity contribution in [2.24, 2.45) is 11.7 Å². The standard InChI is InChI=1S/C16H24ClN3O/c17-15-4-2-1-3-14(15)12-20-9-6-13(7-10-20)11-19-16(21)5-8-18/h1-4,13H,5-12,18H2,(H,19,21). The van der Waals surface area contributed by atoms with Gasteiger partial charge in [0.25, 0.3) is 0 Å². The summed E-state index contributed by atoms with van der Waals surface area (Å²) in [5, 5.41) is 3.81. The molecular weight excluding hydrogens is 286 g/mol. The molecule has 1 amide bonds. The van der Waals surface area contributed by atoms with E-state index in [0.717, 1.165) is 44.0 Å². The number of nitrogens with zero attached hydrogens (tertiary/aromatic N) is 1. The summed E-state index contributed by atoms with van der Waals surface area (Å²) in [5.41, 5.74) is 6.55. The molecule has 0 spiro atoms. The van der Waals surface area contributed by atoms with Crippen LogP contribution in [0.25, 0.3) is 0 Å². The van der Waals surface area contributed by atoms with Crippen LogP contribution in [0.3, 0.4) is 0 Å². The first-order valence-corrected chi connectivity index (χ1v) is 7.99. The van der Waals surface area contributed by atoms with E-state index in [2.05, 4.69) is 16.3 Å². The number of likely N-dealkylation sites (tertiary alicyclic amines) is 1. The Balaban J connectivity index is 1.71. The molecule has 0 aromatic heterocycles. The summed E-state index contributed by atoms with van der Waals surface area (Å²) >= 11 is 6.20. The van der Waals surface area contributed by atoms with Gasteiger partial charge in [0.05, 0.1) is 0 Å². The number of carbonyl (C=O) groups is 1. The van der Waals surface area contributed by atoms with Crippen LogP contribution >= 0.6 is 11.6 Å². The van der Waals surface area contributed by atoms with Gasteiger partial charge in [-0.05, 0) is 43.5 Å². The Bertz CT molecular complexity index is 459. The third-order valence-electron chi connectivity index (χ3n) is 4.02. The van der Waals surface area contributed by atoms with E-state index < -0.39 is 0 Å². The van der Waals surface area contributed by atoms with Crippen molar-refractivity contribution < 1.29 is 4.79 Å². The second-order valence-electron chi connectivity index (χ2n) is 5.65. The topological polar surface area (TPSA) is 58.4 Å². The maximum atomic E-state index is 11.4. The summed E-state index contributed by atoms with van der Waals surface area (Å²) in [6.45, 7) is 4.22. The van der Waals surface area contributed by atoms with E-state index in [1.54, 1.807) is 0 Å². The van der Waals surface area contributed by atoms with Gasteiger partial charge in [0.2, 0.25) is 5.91 Å². The Hall–Kier alpha value is -1.10. The highest BCUT2D eigenvalue weighted by Crippen LogP contribution is 2.21. The van der Waals surface area contributed by atoms with Crippen LogP contribution in [0.1, 0.15) is 24.8 Å². The van der Waals surface area contributed by atoms with Gasteiger partial charge in [-0.2, -0.15) is 0 Å². The molecule has 2 rings (SSSR count). The van der Waals surface area contributed by atoms with Gasteiger partial charge in [0.1, 0.15) is 0 Å². The molecule has 3 N–H and O–H groups in total. The highest BCUT2D eigenvalue weighted by Gasteiger charge is 2.20. The van der Waals surface area contributed by atoms with Gasteiger partial charge in [-0.15, -0.1) is 0 Å². The van der Waals surface area contributed by atoms with Gasteiger partial charge in [-0.3, -0.25) is 9.69 Å². The molecule has 5 heteroatoms. The Morgan fingerprint density at radius 1 is 1.33 bits per heavy atom. The Morgan fingerprint density at radius 3 is 2.71 bits per heavy atom. The average molecular weight is 310 g/mol. The smallest absolute Gasteiger partial charge is 0.221 e. The van der Waals surface area contributed by atoms with Crippen molar-refractivity contribution in [2.75, 3.05) is 26.2 Å². The predicted octanol–water partition coefficient (Wildman–Crippen LogP) is 2.02. The van der Waals surface area contributed by atoms with E-state index in [0.29, 0.717) is 18.9 Å². The Morgan fingerprint density at radius 2 is 2.05 bits per heavy atom. The Kier molecular flexibility index (Phi) is 6.49. The molecule has 4 nitrogen and oxygen atoms in total. The lowest BCUT2D eigenvalue weighted by Gasteiger charge is -2.32. The maximum Gasteiger partial charge on any atom is 0.221 e. The number of amides is 1. The fourth-order valence-corrected chi connectivity index (χ4v) is 2.89. The molecule has 1 aliphatic rings. The van der Waals surface area contributed by atoms with E-state index >= 15 is 0 Å². The number of nitrogens with one attached hydrogen (secondary N) is 1. The second-order valence-corrected chi connectivity index (χ2v) is 6.06. The molecule has 0 bridgehead atoms. The first-order valence-electron chi connectivity index (χ1n) is 7.61. The van der Waals surface area contributed by atoms with Gasteiger partial charge >= 0.3 is 0 Å². The van der Waals surface area contributed by atoms with E-state index in [9.17, 15) is 4.79 Å². The first kappa shape index (κ1) is 16.3. The van der Waals surface area contributed by atoms with Crippen LogP contribution in [0.4, 0.5) is 0 Å². The fourth-order valence-electron chi connectivity index (χ4n) is 2.69. The molecule has 1 aromatic carbocycles. The lowest BCUT2D eigenvalue weighted by molar-refractivity contribution is -0.121. The van der Waals surface area contributed by atoms with Crippen LogP contribution in [0.15, 0.2) is 24.3 Å². The first-order chi connectivity index (χ1) is 10.2. The number of carbonyl (C=O) groups excluding carboxylic acids is 1. The lowest BCUT2D eigenvalue weighted by Crippen LogP contribution is -2.38. The number of piperidine rings is 1. The summed E-state index contributed by atoms with van der Waals surface area (Å²) in [6, 6.07) is 8.01. The minimum atomic E-state index is 0.0657. The summed E-state index contributed by atoms with van der Waals surface area (Å²) in [4.78, 5) is 13.8. The zero-order valence-corrected chi connectivity index (χ0v) is 13.1. The summed E-state index contributed by atoms with van der Waals surface area (Å²) in [7, 11) is 0. The minimum Gasteiger partial charge on any atom is -0.356 e. The van der Waals surface area contributed by atoms with Gasteiger partial charge in [0, 0.05) is 31.1 Å². The van der Waals surface area contributed by atoms with Crippen LogP contribution in [-0.2, 0) is 11.3 Å². The van der Waals surface area contributed by atoms with E-state index in [4.69, 9.17) is 17.3 Å². The molecule has 0 radical (unpaired) electrons. The van der Waals surface area contributed by atoms with Crippen molar-refractivity contribution in [1.29, 1.82) is 0 Å². The summed E-state index contributed by atoms with van der Waals surface area (Å²) in [5.74, 6) is 0.644. The number of halogens is 1. The van der Waals surface area contributed by atoms with Gasteiger partial charge in [0.15, 0.2) is 0 Å². The molecule has 21 heavy (non-hydrogen) atoms.